The lowest BCUT2D eigenvalue weighted by atomic mass is 10.2. The van der Waals surface area contributed by atoms with Crippen LogP contribution in [0, 0.1) is 11.3 Å². The Hall–Kier alpha value is -2.58. The zero-order valence-electron chi connectivity index (χ0n) is 10.6. The summed E-state index contributed by atoms with van der Waals surface area (Å²) < 4.78 is 5.14. The number of hydrogen-bond donors (Lipinski definition) is 1. The van der Waals surface area contributed by atoms with Gasteiger partial charge in [-0.25, -0.2) is 0 Å². The maximum absolute atomic E-state index is 12.0. The summed E-state index contributed by atoms with van der Waals surface area (Å²) in [5.74, 6) is -0.00469. The number of methoxy groups -OCH3 is 1. The van der Waals surface area contributed by atoms with Crippen molar-refractivity contribution in [1.82, 2.24) is 4.98 Å². The number of halogens is 1. The monoisotopic (exact) mass is 287 g/mol. The van der Waals surface area contributed by atoms with Gasteiger partial charge in [0.1, 0.15) is 11.4 Å². The van der Waals surface area contributed by atoms with Crippen LogP contribution in [0.5, 0.6) is 5.75 Å². The van der Waals surface area contributed by atoms with Crippen molar-refractivity contribution < 1.29 is 9.53 Å². The Morgan fingerprint density at radius 2 is 2.20 bits per heavy atom. The molecule has 0 radical (unpaired) electrons. The standard InChI is InChI=1S/C14H10ClN3O2/c1-20-13-6-9(8-16)2-3-11(13)18-14(19)12-7-10(15)4-5-17-12/h2-7H,1H3,(H,18,19). The molecule has 1 amide bonds. The fraction of sp³-hybridized carbons (Fsp3) is 0.0714. The Morgan fingerprint density at radius 3 is 2.85 bits per heavy atom. The lowest BCUT2D eigenvalue weighted by Crippen LogP contribution is -2.14. The first-order chi connectivity index (χ1) is 9.63. The van der Waals surface area contributed by atoms with Crippen LogP contribution in [0.25, 0.3) is 0 Å². The van der Waals surface area contributed by atoms with Crippen LogP contribution in [-0.2, 0) is 0 Å². The van der Waals surface area contributed by atoms with Crippen molar-refractivity contribution in [2.75, 3.05) is 12.4 Å². The summed E-state index contributed by atoms with van der Waals surface area (Å²) >= 11 is 5.81. The number of nitriles is 1. The zero-order chi connectivity index (χ0) is 14.5. The highest BCUT2D eigenvalue weighted by Gasteiger charge is 2.11. The molecule has 100 valence electrons. The molecule has 0 atom stereocenters. The third-order valence-corrected chi connectivity index (χ3v) is 2.77. The quantitative estimate of drug-likeness (QED) is 0.942. The summed E-state index contributed by atoms with van der Waals surface area (Å²) in [7, 11) is 1.46. The molecule has 0 aliphatic heterocycles. The minimum atomic E-state index is -0.407. The van der Waals surface area contributed by atoms with Gasteiger partial charge in [-0.15, -0.1) is 0 Å². The fourth-order valence-corrected chi connectivity index (χ4v) is 1.74. The molecule has 1 aromatic heterocycles. The van der Waals surface area contributed by atoms with Crippen LogP contribution in [0.4, 0.5) is 5.69 Å². The van der Waals surface area contributed by atoms with Gasteiger partial charge in [-0.2, -0.15) is 5.26 Å². The van der Waals surface area contributed by atoms with Gasteiger partial charge in [0, 0.05) is 17.3 Å². The van der Waals surface area contributed by atoms with E-state index in [1.54, 1.807) is 24.3 Å². The van der Waals surface area contributed by atoms with Crippen LogP contribution in [0.1, 0.15) is 16.1 Å². The molecule has 2 aromatic rings. The van der Waals surface area contributed by atoms with Crippen molar-refractivity contribution in [3.8, 4) is 11.8 Å². The van der Waals surface area contributed by atoms with E-state index in [4.69, 9.17) is 21.6 Å². The highest BCUT2D eigenvalue weighted by molar-refractivity contribution is 6.30. The number of ether oxygens (including phenoxy) is 1. The molecule has 0 aliphatic carbocycles. The van der Waals surface area contributed by atoms with Gasteiger partial charge in [-0.05, 0) is 24.3 Å². The van der Waals surface area contributed by atoms with Crippen LogP contribution >= 0.6 is 11.6 Å². The van der Waals surface area contributed by atoms with Crippen LogP contribution in [-0.4, -0.2) is 18.0 Å². The summed E-state index contributed by atoms with van der Waals surface area (Å²) in [5, 5.41) is 11.9. The molecule has 5 nitrogen and oxygen atoms in total. The van der Waals surface area contributed by atoms with E-state index >= 15 is 0 Å². The Morgan fingerprint density at radius 1 is 1.40 bits per heavy atom. The van der Waals surface area contributed by atoms with Gasteiger partial charge < -0.3 is 10.1 Å². The maximum atomic E-state index is 12.0. The van der Waals surface area contributed by atoms with E-state index in [1.165, 1.54) is 19.4 Å². The first-order valence-corrected chi connectivity index (χ1v) is 6.03. The van der Waals surface area contributed by atoms with E-state index in [-0.39, 0.29) is 5.69 Å². The smallest absolute Gasteiger partial charge is 0.274 e. The van der Waals surface area contributed by atoms with Crippen molar-refractivity contribution >= 4 is 23.2 Å². The summed E-state index contributed by atoms with van der Waals surface area (Å²) in [6, 6.07) is 9.77. The molecular weight excluding hydrogens is 278 g/mol. The van der Waals surface area contributed by atoms with E-state index in [1.807, 2.05) is 6.07 Å². The molecule has 0 aliphatic rings. The molecule has 1 aromatic carbocycles. The minimum Gasteiger partial charge on any atom is -0.495 e. The van der Waals surface area contributed by atoms with Gasteiger partial charge in [-0.3, -0.25) is 9.78 Å². The molecule has 0 bridgehead atoms. The van der Waals surface area contributed by atoms with E-state index in [0.29, 0.717) is 22.0 Å². The Kier molecular flexibility index (Phi) is 4.18. The highest BCUT2D eigenvalue weighted by atomic mass is 35.5. The van der Waals surface area contributed by atoms with Crippen LogP contribution < -0.4 is 10.1 Å². The Labute approximate surface area is 120 Å². The zero-order valence-corrected chi connectivity index (χ0v) is 11.3. The molecule has 0 saturated carbocycles. The molecule has 2 rings (SSSR count). The number of nitrogens with one attached hydrogen (secondary N) is 1. The van der Waals surface area contributed by atoms with Crippen LogP contribution in [0.2, 0.25) is 5.02 Å². The third-order valence-electron chi connectivity index (χ3n) is 2.53. The maximum Gasteiger partial charge on any atom is 0.274 e. The molecule has 0 unspecified atom stereocenters. The van der Waals surface area contributed by atoms with Crippen LogP contribution in [0.3, 0.4) is 0 Å². The predicted molar refractivity (Wildman–Crippen MR) is 74.9 cm³/mol. The molecule has 6 heteroatoms. The SMILES string of the molecule is COc1cc(C#N)ccc1NC(=O)c1cc(Cl)ccn1. The van der Waals surface area contributed by atoms with Crippen molar-refractivity contribution in [1.29, 1.82) is 5.26 Å². The van der Waals surface area contributed by atoms with Crippen molar-refractivity contribution in [2.45, 2.75) is 0 Å². The second-order valence-corrected chi connectivity index (χ2v) is 4.28. The number of hydrogen-bond acceptors (Lipinski definition) is 4. The lowest BCUT2D eigenvalue weighted by Gasteiger charge is -2.10. The number of nitrogens with zero attached hydrogens (tertiary/aromatic N) is 2. The number of aromatic nitrogens is 1. The van der Waals surface area contributed by atoms with E-state index in [9.17, 15) is 4.79 Å². The van der Waals surface area contributed by atoms with Gasteiger partial charge in [0.2, 0.25) is 0 Å². The molecular formula is C14H10ClN3O2. The normalized spacial score (nSPS) is 9.65. The molecule has 1 heterocycles. The number of amides is 1. The topological polar surface area (TPSA) is 75.0 Å². The largest absolute Gasteiger partial charge is 0.495 e. The second-order valence-electron chi connectivity index (χ2n) is 3.84. The molecule has 0 saturated heterocycles. The van der Waals surface area contributed by atoms with E-state index in [0.717, 1.165) is 0 Å². The van der Waals surface area contributed by atoms with Crippen molar-refractivity contribution in [3.63, 3.8) is 0 Å². The Balaban J connectivity index is 2.26. The van der Waals surface area contributed by atoms with Crippen molar-refractivity contribution in [3.05, 3.63) is 52.8 Å². The molecule has 1 N–H and O–H groups in total. The predicted octanol–water partition coefficient (Wildman–Crippen LogP) is 2.87. The fourth-order valence-electron chi connectivity index (χ4n) is 1.58. The average molecular weight is 288 g/mol. The minimum absolute atomic E-state index is 0.198. The molecule has 20 heavy (non-hydrogen) atoms. The summed E-state index contributed by atoms with van der Waals surface area (Å²) in [4.78, 5) is 16.0. The summed E-state index contributed by atoms with van der Waals surface area (Å²) in [5.41, 5.74) is 1.10. The van der Waals surface area contributed by atoms with Gasteiger partial charge in [0.05, 0.1) is 24.4 Å². The first-order valence-electron chi connectivity index (χ1n) is 5.65. The van der Waals surface area contributed by atoms with Crippen LogP contribution in [0.15, 0.2) is 36.5 Å². The van der Waals surface area contributed by atoms with Gasteiger partial charge in [-0.1, -0.05) is 11.6 Å². The number of anilines is 1. The first kappa shape index (κ1) is 13.8. The highest BCUT2D eigenvalue weighted by Crippen LogP contribution is 2.25. The molecule has 0 fully saturated rings. The number of carbonyl (C=O) groups is 1. The average Bonchev–Trinajstić information content (AvgIpc) is 2.47. The van der Waals surface area contributed by atoms with Gasteiger partial charge in [0.15, 0.2) is 0 Å². The van der Waals surface area contributed by atoms with Crippen molar-refractivity contribution in [2.24, 2.45) is 0 Å². The summed E-state index contributed by atoms with van der Waals surface area (Å²) in [6.45, 7) is 0. The van der Waals surface area contributed by atoms with Gasteiger partial charge in [0.25, 0.3) is 5.91 Å². The van der Waals surface area contributed by atoms with E-state index in [2.05, 4.69) is 10.3 Å². The second kappa shape index (κ2) is 6.04. The number of carbonyl (C=O) groups excluding carboxylic acids is 1. The number of rotatable bonds is 3. The lowest BCUT2D eigenvalue weighted by molar-refractivity contribution is 0.102. The number of pyridine rings is 1. The summed E-state index contributed by atoms with van der Waals surface area (Å²) in [6.07, 6.45) is 1.45. The third kappa shape index (κ3) is 3.05. The van der Waals surface area contributed by atoms with Gasteiger partial charge >= 0.3 is 0 Å². The molecule has 0 spiro atoms. The Bertz CT molecular complexity index is 695. The van der Waals surface area contributed by atoms with E-state index < -0.39 is 5.91 Å². The number of benzene rings is 1.